The number of rotatable bonds is 10. The molecule has 1 atom stereocenters. The average molecular weight is 531 g/mol. The normalized spacial score (nSPS) is 11.1. The van der Waals surface area contributed by atoms with Gasteiger partial charge in [-0.3, -0.25) is 10.2 Å². The van der Waals surface area contributed by atoms with Crippen LogP contribution < -0.4 is 25.8 Å². The fourth-order valence-electron chi connectivity index (χ4n) is 4.12. The molecule has 0 heterocycles. The third-order valence-electron chi connectivity index (χ3n) is 6.06. The highest BCUT2D eigenvalue weighted by molar-refractivity contribution is 5.95. The van der Waals surface area contributed by atoms with Gasteiger partial charge in [0, 0.05) is 11.3 Å². The SMILES string of the molecule is COc1ccc(C(Nc2ccc(C(=N)N)cc2)C(=O)NC(c2ccccc2)c2ccccc2)cc1OC.Cl. The van der Waals surface area contributed by atoms with E-state index in [0.29, 0.717) is 28.3 Å². The molecule has 8 heteroatoms. The lowest BCUT2D eigenvalue weighted by Crippen LogP contribution is -2.36. The zero-order valence-corrected chi connectivity index (χ0v) is 22.0. The van der Waals surface area contributed by atoms with Gasteiger partial charge in [-0.25, -0.2) is 0 Å². The molecule has 0 aliphatic rings. The molecule has 4 rings (SSSR count). The van der Waals surface area contributed by atoms with Crippen LogP contribution in [0.3, 0.4) is 0 Å². The van der Waals surface area contributed by atoms with Crippen LogP contribution in [0.1, 0.15) is 34.3 Å². The van der Waals surface area contributed by atoms with Crippen molar-refractivity contribution < 1.29 is 14.3 Å². The number of hydrogen-bond acceptors (Lipinski definition) is 5. The number of nitrogens with one attached hydrogen (secondary N) is 3. The van der Waals surface area contributed by atoms with Gasteiger partial charge in [0.1, 0.15) is 11.9 Å². The Kier molecular flexibility index (Phi) is 9.73. The summed E-state index contributed by atoms with van der Waals surface area (Å²) in [6.45, 7) is 0. The van der Waals surface area contributed by atoms with Crippen LogP contribution in [0, 0.1) is 5.41 Å². The molecule has 1 unspecified atom stereocenters. The van der Waals surface area contributed by atoms with Crippen molar-refractivity contribution in [1.82, 2.24) is 5.32 Å². The van der Waals surface area contributed by atoms with Crippen molar-refractivity contribution in [2.24, 2.45) is 5.73 Å². The van der Waals surface area contributed by atoms with Crippen molar-refractivity contribution in [3.63, 3.8) is 0 Å². The van der Waals surface area contributed by atoms with E-state index in [1.54, 1.807) is 50.6 Å². The van der Waals surface area contributed by atoms with Crippen LogP contribution in [-0.2, 0) is 4.79 Å². The number of halogens is 1. The van der Waals surface area contributed by atoms with Crippen LogP contribution >= 0.6 is 12.4 Å². The van der Waals surface area contributed by atoms with Crippen LogP contribution in [0.5, 0.6) is 11.5 Å². The molecule has 196 valence electrons. The minimum Gasteiger partial charge on any atom is -0.493 e. The van der Waals surface area contributed by atoms with E-state index in [1.807, 2.05) is 66.7 Å². The third kappa shape index (κ3) is 6.63. The third-order valence-corrected chi connectivity index (χ3v) is 6.06. The van der Waals surface area contributed by atoms with E-state index >= 15 is 0 Å². The van der Waals surface area contributed by atoms with Gasteiger partial charge in [-0.2, -0.15) is 0 Å². The molecule has 7 nitrogen and oxygen atoms in total. The lowest BCUT2D eigenvalue weighted by Gasteiger charge is -2.26. The first kappa shape index (κ1) is 28.1. The van der Waals surface area contributed by atoms with Crippen LogP contribution in [0.15, 0.2) is 103 Å². The summed E-state index contributed by atoms with van der Waals surface area (Å²) in [5, 5.41) is 14.2. The number of amidine groups is 1. The second-order valence-electron chi connectivity index (χ2n) is 8.45. The molecule has 0 aliphatic heterocycles. The van der Waals surface area contributed by atoms with Crippen LogP contribution in [0.25, 0.3) is 0 Å². The predicted octanol–water partition coefficient (Wildman–Crippen LogP) is 5.47. The summed E-state index contributed by atoms with van der Waals surface area (Å²) in [5.41, 5.74) is 9.55. The number of methoxy groups -OCH3 is 2. The summed E-state index contributed by atoms with van der Waals surface area (Å²) in [6, 6.07) is 31.1. The highest BCUT2D eigenvalue weighted by atomic mass is 35.5. The van der Waals surface area contributed by atoms with E-state index < -0.39 is 6.04 Å². The molecule has 0 aromatic heterocycles. The summed E-state index contributed by atoms with van der Waals surface area (Å²) in [7, 11) is 3.13. The molecular weight excluding hydrogens is 500 g/mol. The van der Waals surface area contributed by atoms with Gasteiger partial charge in [0.15, 0.2) is 11.5 Å². The summed E-state index contributed by atoms with van der Waals surface area (Å²) in [6.07, 6.45) is 0. The number of anilines is 1. The number of carbonyl (C=O) groups excluding carboxylic acids is 1. The first-order valence-corrected chi connectivity index (χ1v) is 11.8. The van der Waals surface area contributed by atoms with Gasteiger partial charge in [-0.15, -0.1) is 12.4 Å². The second kappa shape index (κ2) is 13.2. The van der Waals surface area contributed by atoms with E-state index in [9.17, 15) is 4.79 Å². The van der Waals surface area contributed by atoms with Gasteiger partial charge in [0.2, 0.25) is 5.91 Å². The van der Waals surface area contributed by atoms with Crippen LogP contribution in [0.4, 0.5) is 5.69 Å². The average Bonchev–Trinajstić information content (AvgIpc) is 2.95. The maximum Gasteiger partial charge on any atom is 0.247 e. The van der Waals surface area contributed by atoms with Crippen molar-refractivity contribution in [2.45, 2.75) is 12.1 Å². The summed E-state index contributed by atoms with van der Waals surface area (Å²) in [4.78, 5) is 13.9. The number of nitrogens with two attached hydrogens (primary N) is 1. The number of ether oxygens (including phenoxy) is 2. The molecule has 38 heavy (non-hydrogen) atoms. The molecule has 0 fully saturated rings. The Balaban J connectivity index is 0.00000400. The molecule has 0 radical (unpaired) electrons. The lowest BCUT2D eigenvalue weighted by molar-refractivity contribution is -0.122. The maximum atomic E-state index is 13.9. The number of benzene rings is 4. The molecule has 4 aromatic rings. The van der Waals surface area contributed by atoms with Gasteiger partial charge in [-0.05, 0) is 53.1 Å². The quantitative estimate of drug-likeness (QED) is 0.160. The Morgan fingerprint density at radius 2 is 1.32 bits per heavy atom. The number of hydrogen-bond donors (Lipinski definition) is 4. The summed E-state index contributed by atoms with van der Waals surface area (Å²) >= 11 is 0. The predicted molar refractivity (Wildman–Crippen MR) is 153 cm³/mol. The Hall–Kier alpha value is -4.49. The van der Waals surface area contributed by atoms with Crippen LogP contribution in [0.2, 0.25) is 0 Å². The Morgan fingerprint density at radius 1 is 0.763 bits per heavy atom. The molecule has 0 aliphatic carbocycles. The van der Waals surface area contributed by atoms with Crippen molar-refractivity contribution in [3.05, 3.63) is 125 Å². The molecule has 1 amide bonds. The number of nitrogen functional groups attached to an aromatic ring is 1. The molecule has 0 saturated heterocycles. The van der Waals surface area contributed by atoms with E-state index in [0.717, 1.165) is 11.1 Å². The zero-order valence-electron chi connectivity index (χ0n) is 21.2. The molecule has 0 bridgehead atoms. The molecular formula is C30H31ClN4O3. The van der Waals surface area contributed by atoms with Gasteiger partial charge in [-0.1, -0.05) is 66.7 Å². The van der Waals surface area contributed by atoms with Gasteiger partial charge in [0.05, 0.1) is 20.3 Å². The topological polar surface area (TPSA) is 109 Å². The van der Waals surface area contributed by atoms with Crippen molar-refractivity contribution in [2.75, 3.05) is 19.5 Å². The van der Waals surface area contributed by atoms with Gasteiger partial charge < -0.3 is 25.8 Å². The first-order chi connectivity index (χ1) is 18.0. The summed E-state index contributed by atoms with van der Waals surface area (Å²) < 4.78 is 10.9. The monoisotopic (exact) mass is 530 g/mol. The van der Waals surface area contributed by atoms with Crippen molar-refractivity contribution in [3.8, 4) is 11.5 Å². The molecule has 5 N–H and O–H groups in total. The number of amides is 1. The highest BCUT2D eigenvalue weighted by Gasteiger charge is 2.26. The molecule has 4 aromatic carbocycles. The minimum atomic E-state index is -0.752. The Bertz CT molecular complexity index is 1310. The van der Waals surface area contributed by atoms with E-state index in [2.05, 4.69) is 10.6 Å². The lowest BCUT2D eigenvalue weighted by atomic mass is 9.97. The number of carbonyl (C=O) groups is 1. The standard InChI is InChI=1S/C30H30N4O3.ClH/c1-36-25-18-15-23(19-26(25)37-2)28(33-24-16-13-22(14-17-24)29(31)32)30(35)34-27(20-9-5-3-6-10-20)21-11-7-4-8-12-21;/h3-19,27-28,33H,1-2H3,(H3,31,32)(H,34,35);1H. The van der Waals surface area contributed by atoms with E-state index in [4.69, 9.17) is 20.6 Å². The van der Waals surface area contributed by atoms with E-state index in [-0.39, 0.29) is 30.2 Å². The molecule has 0 spiro atoms. The van der Waals surface area contributed by atoms with Crippen molar-refractivity contribution in [1.29, 1.82) is 5.41 Å². The van der Waals surface area contributed by atoms with Crippen molar-refractivity contribution >= 4 is 29.8 Å². The fraction of sp³-hybridized carbons (Fsp3) is 0.133. The Morgan fingerprint density at radius 3 is 1.82 bits per heavy atom. The van der Waals surface area contributed by atoms with Gasteiger partial charge >= 0.3 is 0 Å². The highest BCUT2D eigenvalue weighted by Crippen LogP contribution is 2.32. The van der Waals surface area contributed by atoms with E-state index in [1.165, 1.54) is 0 Å². The fourth-order valence-corrected chi connectivity index (χ4v) is 4.12. The maximum absolute atomic E-state index is 13.9. The second-order valence-corrected chi connectivity index (χ2v) is 8.45. The zero-order chi connectivity index (χ0) is 26.2. The van der Waals surface area contributed by atoms with Crippen LogP contribution in [-0.4, -0.2) is 26.0 Å². The molecule has 0 saturated carbocycles. The first-order valence-electron chi connectivity index (χ1n) is 11.8. The Labute approximate surface area is 228 Å². The minimum absolute atomic E-state index is 0. The van der Waals surface area contributed by atoms with Gasteiger partial charge in [0.25, 0.3) is 0 Å². The smallest absolute Gasteiger partial charge is 0.247 e. The summed E-state index contributed by atoms with van der Waals surface area (Å²) in [5.74, 6) is 0.853. The largest absolute Gasteiger partial charge is 0.493 e.